The van der Waals surface area contributed by atoms with E-state index in [0.717, 1.165) is 19.3 Å². The molecule has 1 saturated heterocycles. The summed E-state index contributed by atoms with van der Waals surface area (Å²) in [6.45, 7) is 3.02. The first-order valence-corrected chi connectivity index (χ1v) is 10.7. The van der Waals surface area contributed by atoms with E-state index in [1.165, 1.54) is 10.8 Å². The topological polar surface area (TPSA) is 101 Å². The molecule has 5 rings (SSSR count). The Morgan fingerprint density at radius 3 is 2.61 bits per heavy atom. The second kappa shape index (κ2) is 6.66. The largest absolute Gasteiger partial charge is 0.477 e. The lowest BCUT2D eigenvalue weighted by molar-refractivity contribution is 0.0694. The highest BCUT2D eigenvalue weighted by molar-refractivity contribution is 6.01. The number of anilines is 2. The summed E-state index contributed by atoms with van der Waals surface area (Å²) in [6, 6.07) is -0.581. The van der Waals surface area contributed by atoms with E-state index in [2.05, 4.69) is 5.32 Å². The molecule has 0 radical (unpaired) electrons. The zero-order valence-corrected chi connectivity index (χ0v) is 17.5. The number of alkyl halides is 1. The molecule has 2 aromatic rings. The van der Waals surface area contributed by atoms with Crippen molar-refractivity contribution >= 4 is 28.2 Å². The highest BCUT2D eigenvalue weighted by Crippen LogP contribution is 2.48. The highest BCUT2D eigenvalue weighted by Gasteiger charge is 2.50. The summed E-state index contributed by atoms with van der Waals surface area (Å²) in [5.74, 6) is -1.77. The van der Waals surface area contributed by atoms with Crippen LogP contribution in [-0.4, -0.2) is 47.5 Å². The first-order chi connectivity index (χ1) is 14.7. The molecule has 1 aromatic carbocycles. The quantitative estimate of drug-likeness (QED) is 0.628. The SMILES string of the molecule is CNC1(C2CCN(c3c(F)c(N)c4c(=O)c(C(=O)O)cn([C@@H]5C[C@H]5F)c4c3C)C2)CC1. The third-order valence-electron chi connectivity index (χ3n) is 7.50. The second-order valence-corrected chi connectivity index (χ2v) is 9.17. The maximum atomic E-state index is 15.6. The van der Waals surface area contributed by atoms with Gasteiger partial charge < -0.3 is 25.6 Å². The van der Waals surface area contributed by atoms with Crippen LogP contribution in [0.15, 0.2) is 11.0 Å². The van der Waals surface area contributed by atoms with Gasteiger partial charge in [0.05, 0.1) is 28.3 Å². The van der Waals surface area contributed by atoms with Gasteiger partial charge in [-0.05, 0) is 44.7 Å². The summed E-state index contributed by atoms with van der Waals surface area (Å²) in [6.07, 6.45) is 3.37. The number of carboxylic acid groups (broad SMARTS) is 1. The summed E-state index contributed by atoms with van der Waals surface area (Å²) in [5.41, 5.74) is 5.60. The van der Waals surface area contributed by atoms with Gasteiger partial charge in [0, 0.05) is 31.2 Å². The molecule has 31 heavy (non-hydrogen) atoms. The Kier molecular flexibility index (Phi) is 4.35. The number of benzene rings is 1. The van der Waals surface area contributed by atoms with E-state index < -0.39 is 35.0 Å². The number of aromatic carboxylic acids is 1. The lowest BCUT2D eigenvalue weighted by atomic mass is 9.96. The van der Waals surface area contributed by atoms with Crippen molar-refractivity contribution < 1.29 is 18.7 Å². The number of halogens is 2. The van der Waals surface area contributed by atoms with Crippen molar-refractivity contribution in [1.29, 1.82) is 0 Å². The smallest absolute Gasteiger partial charge is 0.341 e. The fraction of sp³-hybridized carbons (Fsp3) is 0.545. The molecule has 0 bridgehead atoms. The van der Waals surface area contributed by atoms with E-state index in [1.807, 2.05) is 11.9 Å². The number of nitrogen functional groups attached to an aromatic ring is 1. The molecule has 4 N–H and O–H groups in total. The van der Waals surface area contributed by atoms with Crippen LogP contribution in [-0.2, 0) is 0 Å². The van der Waals surface area contributed by atoms with Gasteiger partial charge in [-0.1, -0.05) is 0 Å². The van der Waals surface area contributed by atoms with Gasteiger partial charge in [0.15, 0.2) is 5.82 Å². The Hall–Kier alpha value is -2.68. The Labute approximate surface area is 177 Å². The molecule has 9 heteroatoms. The molecule has 3 atom stereocenters. The maximum Gasteiger partial charge on any atom is 0.341 e. The first kappa shape index (κ1) is 20.2. The minimum Gasteiger partial charge on any atom is -0.477 e. The molecule has 166 valence electrons. The average Bonchev–Trinajstić information content (AvgIpc) is 3.63. The van der Waals surface area contributed by atoms with E-state index >= 15 is 4.39 Å². The van der Waals surface area contributed by atoms with Crippen molar-refractivity contribution in [3.63, 3.8) is 0 Å². The van der Waals surface area contributed by atoms with Crippen LogP contribution in [0.5, 0.6) is 0 Å². The average molecular weight is 432 g/mol. The number of rotatable bonds is 5. The number of nitrogens with zero attached hydrogens (tertiary/aromatic N) is 2. The summed E-state index contributed by atoms with van der Waals surface area (Å²) < 4.78 is 31.0. The predicted octanol–water partition coefficient (Wildman–Crippen LogP) is 2.59. The van der Waals surface area contributed by atoms with Crippen molar-refractivity contribution in [3.05, 3.63) is 33.4 Å². The van der Waals surface area contributed by atoms with E-state index in [4.69, 9.17) is 5.73 Å². The van der Waals surface area contributed by atoms with Gasteiger partial charge in [-0.3, -0.25) is 4.79 Å². The molecule has 1 aromatic heterocycles. The van der Waals surface area contributed by atoms with Gasteiger partial charge in [-0.15, -0.1) is 0 Å². The van der Waals surface area contributed by atoms with E-state index in [9.17, 15) is 19.1 Å². The standard InChI is InChI=1S/C22H26F2N4O3/c1-10-18-15(20(29)12(21(30)31)9-28(18)14-7-13(14)23)17(25)16(24)19(10)27-6-3-11(8-27)22(26-2)4-5-22/h9,11,13-14,26H,3-8,25H2,1-2H3,(H,30,31)/t11?,13-,14-/m1/s1. The third-order valence-corrected chi connectivity index (χ3v) is 7.50. The number of aromatic nitrogens is 1. The van der Waals surface area contributed by atoms with Gasteiger partial charge in [0.25, 0.3) is 0 Å². The fourth-order valence-corrected chi connectivity index (χ4v) is 5.42. The molecule has 1 aliphatic heterocycles. The number of hydrogen-bond donors (Lipinski definition) is 3. The summed E-state index contributed by atoms with van der Waals surface area (Å²) in [5, 5.41) is 12.7. The number of nitrogens with one attached hydrogen (secondary N) is 1. The lowest BCUT2D eigenvalue weighted by Gasteiger charge is -2.27. The summed E-state index contributed by atoms with van der Waals surface area (Å²) >= 11 is 0. The minimum atomic E-state index is -1.44. The second-order valence-electron chi connectivity index (χ2n) is 9.17. The van der Waals surface area contributed by atoms with Crippen LogP contribution in [0.2, 0.25) is 0 Å². The maximum absolute atomic E-state index is 15.6. The highest BCUT2D eigenvalue weighted by atomic mass is 19.1. The van der Waals surface area contributed by atoms with Crippen molar-refractivity contribution in [2.45, 2.75) is 50.4 Å². The molecule has 7 nitrogen and oxygen atoms in total. The van der Waals surface area contributed by atoms with Crippen LogP contribution in [0, 0.1) is 18.7 Å². The zero-order valence-electron chi connectivity index (χ0n) is 17.5. The van der Waals surface area contributed by atoms with Gasteiger partial charge in [0.1, 0.15) is 11.7 Å². The first-order valence-electron chi connectivity index (χ1n) is 10.7. The van der Waals surface area contributed by atoms with Crippen LogP contribution < -0.4 is 21.4 Å². The van der Waals surface area contributed by atoms with Crippen molar-refractivity contribution in [2.24, 2.45) is 5.92 Å². The number of nitrogens with two attached hydrogens (primary N) is 1. The molecule has 2 aliphatic carbocycles. The van der Waals surface area contributed by atoms with Gasteiger partial charge >= 0.3 is 5.97 Å². The molecular formula is C22H26F2N4O3. The Balaban J connectivity index is 1.70. The van der Waals surface area contributed by atoms with E-state index in [-0.39, 0.29) is 23.0 Å². The predicted molar refractivity (Wildman–Crippen MR) is 114 cm³/mol. The van der Waals surface area contributed by atoms with Crippen molar-refractivity contribution in [1.82, 2.24) is 9.88 Å². The number of carbonyl (C=O) groups is 1. The van der Waals surface area contributed by atoms with E-state index in [1.54, 1.807) is 6.92 Å². The van der Waals surface area contributed by atoms with Gasteiger partial charge in [-0.2, -0.15) is 0 Å². The molecule has 2 saturated carbocycles. The number of hydrogen-bond acceptors (Lipinski definition) is 5. The van der Waals surface area contributed by atoms with Crippen LogP contribution in [0.3, 0.4) is 0 Å². The normalized spacial score (nSPS) is 26.5. The number of carboxylic acids is 1. The van der Waals surface area contributed by atoms with Gasteiger partial charge in [-0.25, -0.2) is 13.6 Å². The van der Waals surface area contributed by atoms with Crippen LogP contribution in [0.25, 0.3) is 10.9 Å². The number of aryl methyl sites for hydroxylation is 1. The number of fused-ring (bicyclic) bond motifs is 1. The molecular weight excluding hydrogens is 406 g/mol. The summed E-state index contributed by atoms with van der Waals surface area (Å²) in [7, 11) is 1.96. The van der Waals surface area contributed by atoms with Crippen molar-refractivity contribution in [3.8, 4) is 0 Å². The molecule has 0 spiro atoms. The summed E-state index contributed by atoms with van der Waals surface area (Å²) in [4.78, 5) is 26.4. The van der Waals surface area contributed by atoms with Gasteiger partial charge in [0.2, 0.25) is 5.43 Å². The fourth-order valence-electron chi connectivity index (χ4n) is 5.42. The lowest BCUT2D eigenvalue weighted by Crippen LogP contribution is -2.38. The Morgan fingerprint density at radius 2 is 2.06 bits per heavy atom. The van der Waals surface area contributed by atoms with Crippen LogP contribution >= 0.6 is 0 Å². The molecule has 2 heterocycles. The monoisotopic (exact) mass is 432 g/mol. The third kappa shape index (κ3) is 2.86. The number of pyridine rings is 1. The molecule has 1 unspecified atom stereocenters. The van der Waals surface area contributed by atoms with Crippen LogP contribution in [0.4, 0.5) is 20.2 Å². The zero-order chi connectivity index (χ0) is 22.2. The molecule has 3 aliphatic rings. The minimum absolute atomic E-state index is 0.107. The molecule has 3 fully saturated rings. The molecule has 0 amide bonds. The Morgan fingerprint density at radius 1 is 1.39 bits per heavy atom. The van der Waals surface area contributed by atoms with E-state index in [0.29, 0.717) is 35.8 Å². The van der Waals surface area contributed by atoms with Crippen LogP contribution in [0.1, 0.15) is 47.6 Å². The Bertz CT molecular complexity index is 1170. The van der Waals surface area contributed by atoms with Crippen molar-refractivity contribution in [2.75, 3.05) is 30.8 Å².